The molecule has 0 unspecified atom stereocenters. The Labute approximate surface area is 291 Å². The lowest BCUT2D eigenvalue weighted by Crippen LogP contribution is -2.40. The molecule has 3 rings (SSSR count). The number of isocyanates is 1. The average molecular weight is 767 g/mol. The molecule has 0 saturated carbocycles. The number of carbonyl (C=O) groups is 1. The normalized spacial score (nSPS) is 11.9. The van der Waals surface area contributed by atoms with Crippen molar-refractivity contribution >= 4 is 43.6 Å². The summed E-state index contributed by atoms with van der Waals surface area (Å²) in [4.78, 5) is 26.2. The second-order valence-electron chi connectivity index (χ2n) is 10.8. The zero-order chi connectivity index (χ0) is 38.1. The van der Waals surface area contributed by atoms with Gasteiger partial charge in [0, 0.05) is 24.2 Å². The number of nitrogens with one attached hydrogen (secondary N) is 1. The monoisotopic (exact) mass is 766 g/mol. The highest BCUT2D eigenvalue weighted by atomic mass is 32.3. The number of hydrogen-bond acceptors (Lipinski definition) is 8. The number of pyridine rings is 1. The van der Waals surface area contributed by atoms with Crippen molar-refractivity contribution in [3.63, 3.8) is 0 Å². The van der Waals surface area contributed by atoms with E-state index in [1.807, 2.05) is 42.5 Å². The highest BCUT2D eigenvalue weighted by Gasteiger charge is 2.47. The maximum absolute atomic E-state index is 12.3. The molecule has 280 valence electrons. The Hall–Kier alpha value is -4.32. The van der Waals surface area contributed by atoms with Crippen LogP contribution in [0.15, 0.2) is 77.9 Å². The summed E-state index contributed by atoms with van der Waals surface area (Å²) in [7, 11) is -13.4. The van der Waals surface area contributed by atoms with Crippen molar-refractivity contribution in [2.45, 2.75) is 75.9 Å². The van der Waals surface area contributed by atoms with Crippen LogP contribution < -0.4 is 9.88 Å². The molecule has 0 radical (unpaired) electrons. The summed E-state index contributed by atoms with van der Waals surface area (Å²) in [5, 5.41) is 2.79. The lowest BCUT2D eigenvalue weighted by molar-refractivity contribution is -0.705. The Kier molecular flexibility index (Phi) is 16.7. The van der Waals surface area contributed by atoms with Gasteiger partial charge in [0.05, 0.1) is 5.69 Å². The van der Waals surface area contributed by atoms with Crippen LogP contribution in [0.2, 0.25) is 0 Å². The molecular formula is C32H36F6N4O7S2. The van der Waals surface area contributed by atoms with E-state index in [0.717, 1.165) is 28.1 Å². The first kappa shape index (κ1) is 42.8. The van der Waals surface area contributed by atoms with Gasteiger partial charge in [-0.25, -0.2) is 26.4 Å². The average Bonchev–Trinajstić information content (AvgIpc) is 3.04. The van der Waals surface area contributed by atoms with E-state index in [2.05, 4.69) is 40.1 Å². The SMILES string of the molecule is CCCCCCCCc1cccc[n+]1CCOC(=O)Nc1ccc(Cc2ccc(N=C=O)cc2)cc1.O=S(=O)([N-]S(=O)(=O)C(F)(F)F)C(F)(F)F. The quantitative estimate of drug-likeness (QED) is 0.0514. The van der Waals surface area contributed by atoms with E-state index in [-0.39, 0.29) is 0 Å². The lowest BCUT2D eigenvalue weighted by atomic mass is 10.0. The third kappa shape index (κ3) is 15.2. The lowest BCUT2D eigenvalue weighted by Gasteiger charge is -2.22. The molecular weight excluding hydrogens is 730 g/mol. The number of ether oxygens (including phenoxy) is 1. The van der Waals surface area contributed by atoms with Crippen LogP contribution in [0.5, 0.6) is 0 Å². The van der Waals surface area contributed by atoms with Gasteiger partial charge < -0.3 is 8.86 Å². The fraction of sp³-hybridized carbons (Fsp3) is 0.406. The molecule has 1 N–H and O–H groups in total. The largest absolute Gasteiger partial charge is 0.480 e. The van der Waals surface area contributed by atoms with Crippen LogP contribution >= 0.6 is 0 Å². The molecule has 1 aromatic heterocycles. The minimum absolute atomic E-state index is 0.312. The second kappa shape index (κ2) is 19.9. The third-order valence-corrected chi connectivity index (χ3v) is 9.63. The maximum atomic E-state index is 12.3. The Morgan fingerprint density at radius 3 is 1.92 bits per heavy atom. The number of unbranched alkanes of at least 4 members (excludes halogenated alkanes) is 5. The minimum Gasteiger partial charge on any atom is -0.443 e. The molecule has 0 fully saturated rings. The van der Waals surface area contributed by atoms with Gasteiger partial charge >= 0.3 is 17.1 Å². The van der Waals surface area contributed by atoms with Gasteiger partial charge in [0.15, 0.2) is 45.1 Å². The number of sulfonamides is 2. The van der Waals surface area contributed by atoms with Crippen LogP contribution in [0.1, 0.15) is 62.3 Å². The Bertz CT molecular complexity index is 1770. The van der Waals surface area contributed by atoms with E-state index in [0.29, 0.717) is 24.5 Å². The number of halogens is 6. The molecule has 0 atom stereocenters. The third-order valence-electron chi connectivity index (χ3n) is 6.89. The molecule has 1 amide bonds. The van der Waals surface area contributed by atoms with Crippen LogP contribution in [-0.4, -0.2) is 46.6 Å². The smallest absolute Gasteiger partial charge is 0.443 e. The first-order valence-electron chi connectivity index (χ1n) is 15.4. The van der Waals surface area contributed by atoms with Crippen LogP contribution in [0.25, 0.3) is 4.13 Å². The Morgan fingerprint density at radius 2 is 1.37 bits per heavy atom. The molecule has 1 heterocycles. The number of aromatic nitrogens is 1. The Morgan fingerprint density at radius 1 is 0.824 bits per heavy atom. The standard InChI is InChI=1S/C30H35N3O3.C2F6NO4S2/c1-2-3-4-5-6-7-10-29-11-8-9-20-33(29)21-22-36-30(35)32-28-18-14-26(15-19-28)23-25-12-16-27(17-13-25)31-24-34;3-1(4,5)14(10,11)9-15(12,13)2(6,7)8/h8-9,11-20H,2-7,10,21-23H2,1H3;/q;-1/p+1. The molecule has 0 aliphatic carbocycles. The second-order valence-corrected chi connectivity index (χ2v) is 14.2. The highest BCUT2D eigenvalue weighted by molar-refractivity contribution is 8.13. The summed E-state index contributed by atoms with van der Waals surface area (Å²) >= 11 is 0. The number of anilines is 1. The van der Waals surface area contributed by atoms with Crippen LogP contribution in [0.3, 0.4) is 0 Å². The number of aliphatic imine (C=N–C) groups is 1. The summed E-state index contributed by atoms with van der Waals surface area (Å²) in [5.41, 5.74) is -7.63. The molecule has 0 bridgehead atoms. The molecule has 19 heteroatoms. The van der Waals surface area contributed by atoms with E-state index in [1.165, 1.54) is 44.2 Å². The van der Waals surface area contributed by atoms with E-state index in [9.17, 15) is 52.8 Å². The van der Waals surface area contributed by atoms with E-state index >= 15 is 0 Å². The first-order valence-corrected chi connectivity index (χ1v) is 18.3. The topological polar surface area (TPSA) is 154 Å². The van der Waals surface area contributed by atoms with Crippen LogP contribution in [-0.2, 0) is 49.0 Å². The number of amides is 1. The van der Waals surface area contributed by atoms with Crippen molar-refractivity contribution in [3.8, 4) is 0 Å². The van der Waals surface area contributed by atoms with Gasteiger partial charge in [-0.15, -0.1) is 0 Å². The fourth-order valence-corrected chi connectivity index (χ4v) is 6.04. The summed E-state index contributed by atoms with van der Waals surface area (Å²) in [6.45, 7) is 3.19. The number of benzene rings is 2. The van der Waals surface area contributed by atoms with Crippen molar-refractivity contribution in [2.24, 2.45) is 4.99 Å². The number of alkyl halides is 6. The number of aryl methyl sites for hydroxylation is 1. The molecule has 2 aromatic carbocycles. The van der Waals surface area contributed by atoms with Crippen LogP contribution in [0, 0.1) is 0 Å². The molecule has 0 spiro atoms. The van der Waals surface area contributed by atoms with Gasteiger partial charge in [-0.3, -0.25) is 5.32 Å². The van der Waals surface area contributed by atoms with Gasteiger partial charge in [0.2, 0.25) is 6.08 Å². The van der Waals surface area contributed by atoms with Crippen molar-refractivity contribution < 1.29 is 62.1 Å². The number of rotatable bonds is 16. The maximum Gasteiger partial charge on any atom is 0.480 e. The van der Waals surface area contributed by atoms with Crippen molar-refractivity contribution in [2.75, 3.05) is 11.9 Å². The fourth-order valence-electron chi connectivity index (χ4n) is 4.33. The molecule has 51 heavy (non-hydrogen) atoms. The highest BCUT2D eigenvalue weighted by Crippen LogP contribution is 2.36. The van der Waals surface area contributed by atoms with E-state index in [4.69, 9.17) is 4.74 Å². The predicted molar refractivity (Wildman–Crippen MR) is 175 cm³/mol. The molecule has 0 aliphatic rings. The van der Waals surface area contributed by atoms with Crippen molar-refractivity contribution in [1.82, 2.24) is 0 Å². The van der Waals surface area contributed by atoms with Crippen molar-refractivity contribution in [1.29, 1.82) is 0 Å². The predicted octanol–water partition coefficient (Wildman–Crippen LogP) is 7.74. The zero-order valence-corrected chi connectivity index (χ0v) is 28.9. The van der Waals surface area contributed by atoms with Gasteiger partial charge in [-0.2, -0.15) is 35.9 Å². The first-order chi connectivity index (χ1) is 23.9. The molecule has 3 aromatic rings. The summed E-state index contributed by atoms with van der Waals surface area (Å²) in [5.74, 6) is 0. The Balaban J connectivity index is 0.000000507. The molecule has 0 aliphatic heterocycles. The zero-order valence-electron chi connectivity index (χ0n) is 27.3. The van der Waals surface area contributed by atoms with Crippen molar-refractivity contribution in [3.05, 3.63) is 93.9 Å². The molecule has 11 nitrogen and oxygen atoms in total. The van der Waals surface area contributed by atoms with Gasteiger partial charge in [-0.1, -0.05) is 69.4 Å². The van der Waals surface area contributed by atoms with Crippen LogP contribution in [0.4, 0.5) is 42.5 Å². The molecule has 0 saturated heterocycles. The number of hydrogen-bond donors (Lipinski definition) is 1. The summed E-state index contributed by atoms with van der Waals surface area (Å²) in [6.07, 6.45) is 12.6. The van der Waals surface area contributed by atoms with Gasteiger partial charge in [-0.05, 0) is 48.2 Å². The summed E-state index contributed by atoms with van der Waals surface area (Å²) in [6, 6.07) is 21.4. The van der Waals surface area contributed by atoms with E-state index < -0.39 is 37.2 Å². The number of carbonyl (C=O) groups excluding carboxylic acids is 2. The van der Waals surface area contributed by atoms with E-state index in [1.54, 1.807) is 18.2 Å². The number of nitrogens with zero attached hydrogens (tertiary/aromatic N) is 3. The van der Waals surface area contributed by atoms with Gasteiger partial charge in [0.25, 0.3) is 0 Å². The van der Waals surface area contributed by atoms with Gasteiger partial charge in [0.1, 0.15) is 0 Å². The minimum atomic E-state index is -6.72. The summed E-state index contributed by atoms with van der Waals surface area (Å²) < 4.78 is 117.